The Morgan fingerprint density at radius 1 is 0.838 bits per heavy atom. The molecule has 0 aliphatic carbocycles. The lowest BCUT2D eigenvalue weighted by molar-refractivity contribution is -0.192. The topological polar surface area (TPSA) is 334 Å². The number of benzene rings is 2. The summed E-state index contributed by atoms with van der Waals surface area (Å²) >= 11 is 0.663. The van der Waals surface area contributed by atoms with Gasteiger partial charge in [0.05, 0.1) is 30.3 Å². The van der Waals surface area contributed by atoms with Crippen molar-refractivity contribution in [2.24, 2.45) is 16.9 Å². The molecule has 0 aliphatic heterocycles. The molecule has 0 radical (unpaired) electrons. The maximum atomic E-state index is 15.1. The summed E-state index contributed by atoms with van der Waals surface area (Å²) in [6.45, 7) is 3.18. The van der Waals surface area contributed by atoms with Crippen LogP contribution in [-0.2, 0) is 44.9 Å². The van der Waals surface area contributed by atoms with Gasteiger partial charge in [-0.2, -0.15) is 13.2 Å². The van der Waals surface area contributed by atoms with Crippen LogP contribution < -0.4 is 27.4 Å². The van der Waals surface area contributed by atoms with Gasteiger partial charge in [-0.3, -0.25) is 28.8 Å². The second-order valence-electron chi connectivity index (χ2n) is 15.9. The first kappa shape index (κ1) is 57.5. The molecule has 3 aromatic rings. The van der Waals surface area contributed by atoms with E-state index in [0.717, 1.165) is 23.8 Å². The molecule has 26 heteroatoms. The minimum Gasteiger partial charge on any atom is -0.481 e. The SMILES string of the molecule is CC(C)(C)[C@H](c1cc(-c2cc(F)ccc2F)cn1Cc1ccccc1)N(CC[C@H](N)C(=O)NC(CNC(=O)CNC(=O)C(CC(=O)O)SC[C@H](N)C(=O)O)C(=O)O)C(=O)CO.O=C(O)C(F)(F)F. The lowest BCUT2D eigenvalue weighted by Crippen LogP contribution is -2.54. The van der Waals surface area contributed by atoms with Gasteiger partial charge in [0.1, 0.15) is 30.3 Å². The van der Waals surface area contributed by atoms with Crippen molar-refractivity contribution in [3.63, 3.8) is 0 Å². The number of alkyl halides is 3. The van der Waals surface area contributed by atoms with Crippen LogP contribution in [-0.4, -0.2) is 144 Å². The summed E-state index contributed by atoms with van der Waals surface area (Å²) in [5, 5.41) is 50.4. The fourth-order valence-electron chi connectivity index (χ4n) is 6.23. The van der Waals surface area contributed by atoms with Crippen molar-refractivity contribution in [3.05, 3.63) is 83.7 Å². The first-order chi connectivity index (χ1) is 31.6. The summed E-state index contributed by atoms with van der Waals surface area (Å²) in [7, 11) is 0. The number of nitrogens with zero attached hydrogens (tertiary/aromatic N) is 2. The van der Waals surface area contributed by atoms with Crippen LogP contribution in [0.5, 0.6) is 0 Å². The smallest absolute Gasteiger partial charge is 0.481 e. The van der Waals surface area contributed by atoms with Crippen LogP contribution in [0.2, 0.25) is 0 Å². The molecule has 5 atom stereocenters. The number of carboxylic acids is 4. The van der Waals surface area contributed by atoms with Gasteiger partial charge in [-0.15, -0.1) is 11.8 Å². The maximum Gasteiger partial charge on any atom is 0.490 e. The normalized spacial score (nSPS) is 13.6. The molecular formula is C42H52F5N7O13S. The number of halogens is 5. The molecule has 2 unspecified atom stereocenters. The summed E-state index contributed by atoms with van der Waals surface area (Å²) < 4.78 is 62.9. The Bertz CT molecular complexity index is 2260. The van der Waals surface area contributed by atoms with E-state index in [4.69, 9.17) is 31.6 Å². The van der Waals surface area contributed by atoms with Crippen LogP contribution >= 0.6 is 11.8 Å². The van der Waals surface area contributed by atoms with Gasteiger partial charge < -0.3 is 62.4 Å². The van der Waals surface area contributed by atoms with Crippen molar-refractivity contribution in [2.45, 2.75) is 75.8 Å². The highest BCUT2D eigenvalue weighted by atomic mass is 32.2. The molecule has 2 aromatic carbocycles. The summed E-state index contributed by atoms with van der Waals surface area (Å²) in [4.78, 5) is 96.2. The van der Waals surface area contributed by atoms with E-state index >= 15 is 4.39 Å². The van der Waals surface area contributed by atoms with Gasteiger partial charge in [0.2, 0.25) is 23.6 Å². The number of carboxylic acid groups (broad SMARTS) is 4. The number of carbonyl (C=O) groups excluding carboxylic acids is 4. The number of hydrogen-bond donors (Lipinski definition) is 10. The molecule has 0 spiro atoms. The Kier molecular flexibility index (Phi) is 22.0. The number of hydrogen-bond acceptors (Lipinski definition) is 12. The zero-order chi connectivity index (χ0) is 51.7. The van der Waals surface area contributed by atoms with Crippen LogP contribution in [0.3, 0.4) is 0 Å². The lowest BCUT2D eigenvalue weighted by Gasteiger charge is -2.41. The fourth-order valence-corrected chi connectivity index (χ4v) is 7.30. The van der Waals surface area contributed by atoms with Gasteiger partial charge in [0, 0.05) is 48.4 Å². The second kappa shape index (κ2) is 26.0. The van der Waals surface area contributed by atoms with Gasteiger partial charge in [0.15, 0.2) is 0 Å². The molecule has 374 valence electrons. The number of aliphatic carboxylic acids is 4. The van der Waals surface area contributed by atoms with E-state index in [9.17, 15) is 61.3 Å². The summed E-state index contributed by atoms with van der Waals surface area (Å²) in [5.41, 5.74) is 12.5. The number of carbonyl (C=O) groups is 8. The lowest BCUT2D eigenvalue weighted by atomic mass is 9.82. The van der Waals surface area contributed by atoms with Gasteiger partial charge in [0.25, 0.3) is 0 Å². The van der Waals surface area contributed by atoms with Crippen molar-refractivity contribution >= 4 is 59.3 Å². The Hall–Kier alpha value is -6.64. The highest BCUT2D eigenvalue weighted by Gasteiger charge is 2.39. The summed E-state index contributed by atoms with van der Waals surface area (Å²) in [6, 6.07) is 8.55. The number of aliphatic hydroxyl groups is 1. The predicted octanol–water partition coefficient (Wildman–Crippen LogP) is 1.53. The molecule has 12 N–H and O–H groups in total. The van der Waals surface area contributed by atoms with E-state index in [1.54, 1.807) is 16.8 Å². The van der Waals surface area contributed by atoms with E-state index in [1.807, 2.05) is 51.1 Å². The summed E-state index contributed by atoms with van der Waals surface area (Å²) in [6.07, 6.45) is -4.40. The maximum absolute atomic E-state index is 15.1. The second-order valence-corrected chi connectivity index (χ2v) is 17.1. The molecular weight excluding hydrogens is 938 g/mol. The van der Waals surface area contributed by atoms with E-state index in [-0.39, 0.29) is 30.8 Å². The van der Waals surface area contributed by atoms with Gasteiger partial charge in [-0.1, -0.05) is 51.1 Å². The first-order valence-corrected chi connectivity index (χ1v) is 21.2. The number of nitrogens with one attached hydrogen (secondary N) is 3. The molecule has 68 heavy (non-hydrogen) atoms. The minimum atomic E-state index is -5.08. The molecule has 1 heterocycles. The number of nitrogens with two attached hydrogens (primary N) is 2. The fraction of sp³-hybridized carbons (Fsp3) is 0.429. The number of aliphatic hydroxyl groups excluding tert-OH is 1. The molecule has 3 rings (SSSR count). The number of thioether (sulfide) groups is 1. The summed E-state index contributed by atoms with van der Waals surface area (Å²) in [5.74, 6) is -12.2. The third kappa shape index (κ3) is 18.6. The molecule has 0 aliphatic rings. The van der Waals surface area contributed by atoms with Crippen molar-refractivity contribution < 1.29 is 85.8 Å². The molecule has 20 nitrogen and oxygen atoms in total. The van der Waals surface area contributed by atoms with E-state index in [1.165, 1.54) is 4.90 Å². The van der Waals surface area contributed by atoms with Crippen LogP contribution in [0.25, 0.3) is 11.1 Å². The largest absolute Gasteiger partial charge is 0.490 e. The highest BCUT2D eigenvalue weighted by molar-refractivity contribution is 8.00. The first-order valence-electron chi connectivity index (χ1n) is 20.1. The molecule has 0 saturated carbocycles. The third-order valence-electron chi connectivity index (χ3n) is 9.48. The number of aromatic nitrogens is 1. The quantitative estimate of drug-likeness (QED) is 0.0603. The van der Waals surface area contributed by atoms with E-state index in [2.05, 4.69) is 16.0 Å². The molecule has 0 saturated heterocycles. The third-order valence-corrected chi connectivity index (χ3v) is 10.8. The predicted molar refractivity (Wildman–Crippen MR) is 232 cm³/mol. The van der Waals surface area contributed by atoms with E-state index in [0.29, 0.717) is 23.0 Å². The molecule has 0 fully saturated rings. The monoisotopic (exact) mass is 989 g/mol. The molecule has 1 aromatic heterocycles. The van der Waals surface area contributed by atoms with Crippen LogP contribution in [0.15, 0.2) is 60.8 Å². The molecule has 0 bridgehead atoms. The molecule has 4 amide bonds. The van der Waals surface area contributed by atoms with Crippen molar-refractivity contribution in [1.29, 1.82) is 0 Å². The zero-order valence-corrected chi connectivity index (χ0v) is 37.5. The highest BCUT2D eigenvalue weighted by Crippen LogP contribution is 2.41. The average molecular weight is 990 g/mol. The average Bonchev–Trinajstić information content (AvgIpc) is 3.65. The number of amides is 4. The minimum absolute atomic E-state index is 0.0209. The van der Waals surface area contributed by atoms with Crippen LogP contribution in [0.1, 0.15) is 50.9 Å². The standard InChI is InChI=1S/C40H51F2N7O11S.C2HF3O2/c1-40(2,3)35(30-13-23(25-14-24(41)9-10-26(25)42)19-48(30)18-22-7-5-4-6-8-22)49(33(52)20-50)12-11-27(43)36(55)47-29(39(59)60)16-45-32(51)17-46-37(56)31(15-34(53)54)61-21-28(44)38(57)58;3-2(4,5)1(6)7/h4-10,13-14,19,27-29,31,35,50H,11-12,15-18,20-21,43-44H2,1-3H3,(H,45,51)(H,46,56)(H,47,55)(H,53,54)(H,57,58)(H,59,60);(H,6,7)/t27-,28-,29?,31?,35-;/m0./s1. The van der Waals surface area contributed by atoms with Crippen LogP contribution in [0, 0.1) is 17.0 Å². The van der Waals surface area contributed by atoms with Gasteiger partial charge >= 0.3 is 30.1 Å². The van der Waals surface area contributed by atoms with Gasteiger partial charge in [-0.05, 0) is 41.7 Å². The zero-order valence-electron chi connectivity index (χ0n) is 36.7. The van der Waals surface area contributed by atoms with Crippen molar-refractivity contribution in [2.75, 3.05) is 32.0 Å². The Morgan fingerprint density at radius 3 is 1.99 bits per heavy atom. The van der Waals surface area contributed by atoms with Crippen LogP contribution in [0.4, 0.5) is 22.0 Å². The Labute approximate surface area is 389 Å². The van der Waals surface area contributed by atoms with Crippen molar-refractivity contribution in [3.8, 4) is 11.1 Å². The van der Waals surface area contributed by atoms with Gasteiger partial charge in [-0.25, -0.2) is 18.4 Å². The van der Waals surface area contributed by atoms with E-state index < -0.39 is 126 Å². The van der Waals surface area contributed by atoms with Crippen molar-refractivity contribution in [1.82, 2.24) is 25.4 Å². The Morgan fingerprint density at radius 2 is 1.46 bits per heavy atom. The number of rotatable bonds is 23. The Balaban J connectivity index is 0.00000209.